The highest BCUT2D eigenvalue weighted by atomic mass is 19.4. The second-order valence-electron chi connectivity index (χ2n) is 7.23. The summed E-state index contributed by atoms with van der Waals surface area (Å²) in [6.45, 7) is 0.934. The number of hydrogen-bond acceptors (Lipinski definition) is 4. The quantitative estimate of drug-likeness (QED) is 0.502. The number of rotatable bonds is 3. The molecule has 0 aliphatic carbocycles. The number of aromatic nitrogens is 2. The van der Waals surface area contributed by atoms with Crippen LogP contribution in [0.2, 0.25) is 0 Å². The van der Waals surface area contributed by atoms with Crippen LogP contribution in [-0.4, -0.2) is 21.4 Å². The van der Waals surface area contributed by atoms with Gasteiger partial charge in [-0.05, 0) is 42.0 Å². The first kappa shape index (κ1) is 20.1. The Morgan fingerprint density at radius 1 is 1.13 bits per heavy atom. The first-order valence-corrected chi connectivity index (χ1v) is 9.26. The Bertz CT molecular complexity index is 1140. The van der Waals surface area contributed by atoms with Crippen molar-refractivity contribution in [2.45, 2.75) is 25.7 Å². The Labute approximate surface area is 169 Å². The molecule has 0 spiro atoms. The van der Waals surface area contributed by atoms with E-state index in [9.17, 15) is 22.4 Å². The lowest BCUT2D eigenvalue weighted by Crippen LogP contribution is -2.35. The van der Waals surface area contributed by atoms with Crippen LogP contribution in [0.25, 0.3) is 11.4 Å². The molecule has 0 amide bonds. The molecule has 2 aromatic carbocycles. The molecule has 0 atom stereocenters. The lowest BCUT2D eigenvalue weighted by Gasteiger charge is -2.28. The standard InChI is InChI=1S/C21H18F4N4O/c22-17-6-1-12(9-16(17)21(23,24)25)10-29-8-7-18-15(11-29)20(30)28-19(27-18)13-2-4-14(26)5-3-13/h1-6,9H,7-8,10-11,26H2,(H,27,28,30). The minimum atomic E-state index is -4.76. The highest BCUT2D eigenvalue weighted by Crippen LogP contribution is 2.32. The monoisotopic (exact) mass is 418 g/mol. The van der Waals surface area contributed by atoms with E-state index in [1.807, 2.05) is 4.90 Å². The number of nitrogen functional groups attached to an aromatic ring is 1. The molecule has 156 valence electrons. The van der Waals surface area contributed by atoms with Gasteiger partial charge in [0.1, 0.15) is 11.6 Å². The zero-order valence-corrected chi connectivity index (χ0v) is 15.8. The van der Waals surface area contributed by atoms with E-state index >= 15 is 0 Å². The number of benzene rings is 2. The van der Waals surface area contributed by atoms with Crippen LogP contribution in [0.1, 0.15) is 22.4 Å². The number of hydrogen-bond donors (Lipinski definition) is 2. The summed E-state index contributed by atoms with van der Waals surface area (Å²) in [4.78, 5) is 21.8. The fourth-order valence-corrected chi connectivity index (χ4v) is 3.54. The third-order valence-electron chi connectivity index (χ3n) is 5.07. The normalized spacial score (nSPS) is 14.5. The largest absolute Gasteiger partial charge is 0.419 e. The van der Waals surface area contributed by atoms with Gasteiger partial charge in [-0.15, -0.1) is 0 Å². The van der Waals surface area contributed by atoms with Crippen molar-refractivity contribution in [3.8, 4) is 11.4 Å². The summed E-state index contributed by atoms with van der Waals surface area (Å²) < 4.78 is 52.3. The van der Waals surface area contributed by atoms with E-state index in [1.54, 1.807) is 24.3 Å². The van der Waals surface area contributed by atoms with Crippen LogP contribution in [0.4, 0.5) is 23.2 Å². The maximum atomic E-state index is 13.5. The average molecular weight is 418 g/mol. The number of alkyl halides is 3. The summed E-state index contributed by atoms with van der Waals surface area (Å²) in [7, 11) is 0. The van der Waals surface area contributed by atoms with Gasteiger partial charge in [0.25, 0.3) is 5.56 Å². The predicted octanol–water partition coefficient (Wildman–Crippen LogP) is 3.74. The van der Waals surface area contributed by atoms with Crippen LogP contribution in [0.5, 0.6) is 0 Å². The molecular formula is C21H18F4N4O. The first-order valence-electron chi connectivity index (χ1n) is 9.26. The fourth-order valence-electron chi connectivity index (χ4n) is 3.54. The number of anilines is 1. The van der Waals surface area contributed by atoms with Crippen LogP contribution >= 0.6 is 0 Å². The zero-order chi connectivity index (χ0) is 21.5. The SMILES string of the molecule is Nc1ccc(-c2nc3c(c(=O)[nH]2)CN(Cc2ccc(F)c(C(F)(F)F)c2)CC3)cc1. The van der Waals surface area contributed by atoms with Gasteiger partial charge in [-0.3, -0.25) is 9.69 Å². The maximum absolute atomic E-state index is 13.5. The second-order valence-corrected chi connectivity index (χ2v) is 7.23. The third kappa shape index (κ3) is 4.06. The minimum Gasteiger partial charge on any atom is -0.399 e. The lowest BCUT2D eigenvalue weighted by molar-refractivity contribution is -0.140. The number of fused-ring (bicyclic) bond motifs is 1. The van der Waals surface area contributed by atoms with Crippen LogP contribution in [0.3, 0.4) is 0 Å². The molecule has 9 heteroatoms. The molecule has 3 N–H and O–H groups in total. The maximum Gasteiger partial charge on any atom is 0.419 e. The number of nitrogens with one attached hydrogen (secondary N) is 1. The van der Waals surface area contributed by atoms with Crippen molar-refractivity contribution >= 4 is 5.69 Å². The van der Waals surface area contributed by atoms with Crippen molar-refractivity contribution in [3.05, 3.63) is 81.0 Å². The topological polar surface area (TPSA) is 75.0 Å². The Balaban J connectivity index is 1.56. The third-order valence-corrected chi connectivity index (χ3v) is 5.07. The highest BCUT2D eigenvalue weighted by molar-refractivity contribution is 5.58. The van der Waals surface area contributed by atoms with Crippen molar-refractivity contribution in [1.82, 2.24) is 14.9 Å². The molecule has 1 aliphatic heterocycles. The van der Waals surface area contributed by atoms with Crippen molar-refractivity contribution in [1.29, 1.82) is 0 Å². The zero-order valence-electron chi connectivity index (χ0n) is 15.8. The van der Waals surface area contributed by atoms with Gasteiger partial charge in [-0.25, -0.2) is 9.37 Å². The molecule has 2 heterocycles. The van der Waals surface area contributed by atoms with Crippen LogP contribution < -0.4 is 11.3 Å². The van der Waals surface area contributed by atoms with Gasteiger partial charge >= 0.3 is 6.18 Å². The Hall–Kier alpha value is -3.20. The van der Waals surface area contributed by atoms with E-state index in [4.69, 9.17) is 5.73 Å². The smallest absolute Gasteiger partial charge is 0.399 e. The van der Waals surface area contributed by atoms with Gasteiger partial charge in [-0.1, -0.05) is 6.07 Å². The average Bonchev–Trinajstić information content (AvgIpc) is 2.69. The molecule has 0 unspecified atom stereocenters. The molecule has 0 fully saturated rings. The van der Waals surface area contributed by atoms with Gasteiger partial charge in [0.05, 0.1) is 16.8 Å². The Morgan fingerprint density at radius 3 is 2.57 bits per heavy atom. The van der Waals surface area contributed by atoms with E-state index in [0.717, 1.165) is 17.7 Å². The van der Waals surface area contributed by atoms with E-state index in [-0.39, 0.29) is 18.6 Å². The number of halogens is 4. The molecule has 0 bridgehead atoms. The van der Waals surface area contributed by atoms with Gasteiger partial charge in [0.2, 0.25) is 0 Å². The van der Waals surface area contributed by atoms with Gasteiger partial charge in [-0.2, -0.15) is 13.2 Å². The molecule has 1 aromatic heterocycles. The first-order chi connectivity index (χ1) is 14.2. The Morgan fingerprint density at radius 2 is 1.87 bits per heavy atom. The molecule has 1 aliphatic rings. The summed E-state index contributed by atoms with van der Waals surface area (Å²) in [6.07, 6.45) is -4.28. The van der Waals surface area contributed by atoms with Gasteiger partial charge < -0.3 is 10.7 Å². The van der Waals surface area contributed by atoms with E-state index in [1.165, 1.54) is 6.07 Å². The molecule has 4 rings (SSSR count). The summed E-state index contributed by atoms with van der Waals surface area (Å²) in [6, 6.07) is 9.93. The fraction of sp³-hybridized carbons (Fsp3) is 0.238. The van der Waals surface area contributed by atoms with Crippen molar-refractivity contribution < 1.29 is 17.6 Å². The number of nitrogens with zero attached hydrogens (tertiary/aromatic N) is 2. The van der Waals surface area contributed by atoms with Crippen molar-refractivity contribution in [3.63, 3.8) is 0 Å². The summed E-state index contributed by atoms with van der Waals surface area (Å²) in [5.41, 5.74) is 6.92. The van der Waals surface area contributed by atoms with E-state index < -0.39 is 17.6 Å². The van der Waals surface area contributed by atoms with Crippen molar-refractivity contribution in [2.24, 2.45) is 0 Å². The molecule has 0 saturated carbocycles. The highest BCUT2D eigenvalue weighted by Gasteiger charge is 2.34. The molecular weight excluding hydrogens is 400 g/mol. The molecule has 5 nitrogen and oxygen atoms in total. The number of aromatic amines is 1. The van der Waals surface area contributed by atoms with Gasteiger partial charge in [0, 0.05) is 37.3 Å². The lowest BCUT2D eigenvalue weighted by atomic mass is 10.0. The Kier molecular flexibility index (Phi) is 5.07. The second kappa shape index (κ2) is 7.56. The molecule has 0 radical (unpaired) electrons. The van der Waals surface area contributed by atoms with E-state index in [0.29, 0.717) is 41.3 Å². The summed E-state index contributed by atoms with van der Waals surface area (Å²) in [5.74, 6) is -0.855. The summed E-state index contributed by atoms with van der Waals surface area (Å²) in [5, 5.41) is 0. The van der Waals surface area contributed by atoms with E-state index in [2.05, 4.69) is 9.97 Å². The van der Waals surface area contributed by atoms with Crippen LogP contribution in [-0.2, 0) is 25.7 Å². The molecule has 0 saturated heterocycles. The van der Waals surface area contributed by atoms with Crippen molar-refractivity contribution in [2.75, 3.05) is 12.3 Å². The van der Waals surface area contributed by atoms with Crippen LogP contribution in [0.15, 0.2) is 47.3 Å². The molecule has 3 aromatic rings. The van der Waals surface area contributed by atoms with Crippen LogP contribution in [0, 0.1) is 5.82 Å². The minimum absolute atomic E-state index is 0.169. The van der Waals surface area contributed by atoms with Gasteiger partial charge in [0.15, 0.2) is 0 Å². The molecule has 30 heavy (non-hydrogen) atoms. The number of nitrogens with two attached hydrogens (primary N) is 1. The predicted molar refractivity (Wildman–Crippen MR) is 104 cm³/mol. The number of H-pyrrole nitrogens is 1. The summed E-state index contributed by atoms with van der Waals surface area (Å²) >= 11 is 0.